The van der Waals surface area contributed by atoms with E-state index in [1.165, 1.54) is 40.7 Å². The van der Waals surface area contributed by atoms with Crippen LogP contribution < -0.4 is 4.74 Å². The van der Waals surface area contributed by atoms with Crippen molar-refractivity contribution < 1.29 is 52.6 Å². The van der Waals surface area contributed by atoms with Crippen molar-refractivity contribution in [2.45, 2.75) is 221 Å². The van der Waals surface area contributed by atoms with Gasteiger partial charge in [0, 0.05) is 69.3 Å². The molecule has 2 aromatic carbocycles. The summed E-state index contributed by atoms with van der Waals surface area (Å²) >= 11 is 0. The van der Waals surface area contributed by atoms with Gasteiger partial charge in [-0.1, -0.05) is 56.5 Å². The first-order chi connectivity index (χ1) is 31.2. The van der Waals surface area contributed by atoms with Gasteiger partial charge in [-0.2, -0.15) is 0 Å². The number of carbonyl (C=O) groups excluding carboxylic acids is 2. The molecule has 11 aliphatic rings. The fourth-order valence-electron chi connectivity index (χ4n) is 14.9. The third-order valence-corrected chi connectivity index (χ3v) is 17.3. The van der Waals surface area contributed by atoms with Gasteiger partial charge >= 0.3 is 12.2 Å². The van der Waals surface area contributed by atoms with Crippen LogP contribution in [-0.4, -0.2) is 99.3 Å². The molecule has 11 atom stereocenters. The molecule has 0 aromatic heterocycles. The molecule has 350 valence electrons. The van der Waals surface area contributed by atoms with E-state index in [4.69, 9.17) is 37.9 Å². The summed E-state index contributed by atoms with van der Waals surface area (Å²) < 4.78 is 51.2. The van der Waals surface area contributed by atoms with E-state index < -0.39 is 34.6 Å². The number of hydrogen-bond donors (Lipinski definition) is 1. The highest BCUT2D eigenvalue weighted by Gasteiger charge is 2.77. The molecule has 7 heterocycles. The molecule has 2 aromatic rings. The van der Waals surface area contributed by atoms with Gasteiger partial charge < -0.3 is 43.0 Å². The van der Waals surface area contributed by atoms with Gasteiger partial charge in [-0.3, -0.25) is 9.80 Å². The number of hydrogen-bond acceptors (Lipinski definition) is 11. The quantitative estimate of drug-likeness (QED) is 0.294. The molecule has 5 spiro atoms. The Labute approximate surface area is 382 Å². The summed E-state index contributed by atoms with van der Waals surface area (Å²) in [4.78, 5) is 30.1. The molecule has 7 aliphatic heterocycles. The summed E-state index contributed by atoms with van der Waals surface area (Å²) in [5.74, 6) is 0.153. The Morgan fingerprint density at radius 2 is 1.28 bits per heavy atom. The van der Waals surface area contributed by atoms with Crippen molar-refractivity contribution >= 4 is 12.2 Å². The Kier molecular flexibility index (Phi) is 9.76. The number of carbonyl (C=O) groups is 2. The molecule has 13 rings (SSSR count). The number of aliphatic hydroxyl groups is 1. The lowest BCUT2D eigenvalue weighted by molar-refractivity contribution is -0.221. The summed E-state index contributed by atoms with van der Waals surface area (Å²) in [6.45, 7) is 11.7. The van der Waals surface area contributed by atoms with Crippen molar-refractivity contribution in [3.05, 3.63) is 75.0 Å². The Balaban J connectivity index is 0.000000137. The molecule has 13 heteroatoms. The third kappa shape index (κ3) is 6.37. The first kappa shape index (κ1) is 42.6. The summed E-state index contributed by atoms with van der Waals surface area (Å²) in [6.07, 6.45) is 13.3. The Bertz CT molecular complexity index is 2340. The smallest absolute Gasteiger partial charge is 0.415 e. The number of aliphatic hydroxyl groups excluding tert-OH is 1. The molecule has 13 nitrogen and oxygen atoms in total. The number of methoxy groups -OCH3 is 1. The minimum absolute atomic E-state index is 0.0908. The molecule has 2 amide bonds. The highest BCUT2D eigenvalue weighted by Crippen LogP contribution is 2.64. The molecule has 1 N–H and O–H groups in total. The monoisotopic (exact) mass is 894 g/mol. The fourth-order valence-corrected chi connectivity index (χ4v) is 14.9. The van der Waals surface area contributed by atoms with Gasteiger partial charge in [-0.15, -0.1) is 0 Å². The van der Waals surface area contributed by atoms with Gasteiger partial charge in [-0.05, 0) is 86.3 Å². The van der Waals surface area contributed by atoms with E-state index in [2.05, 4.69) is 65.0 Å². The first-order valence-electron chi connectivity index (χ1n) is 24.7. The van der Waals surface area contributed by atoms with Gasteiger partial charge in [0.05, 0.1) is 50.3 Å². The number of rotatable bonds is 1. The summed E-state index contributed by atoms with van der Waals surface area (Å²) in [5, 5.41) is 11.1. The number of fused-ring (bicyclic) bond motifs is 8. The van der Waals surface area contributed by atoms with Crippen LogP contribution in [0.5, 0.6) is 5.75 Å². The highest BCUT2D eigenvalue weighted by molar-refractivity contribution is 5.76. The predicted molar refractivity (Wildman–Crippen MR) is 236 cm³/mol. The molecule has 5 saturated heterocycles. The van der Waals surface area contributed by atoms with Crippen LogP contribution in [0, 0.1) is 20.8 Å². The number of allylic oxidation sites excluding steroid dienone is 1. The summed E-state index contributed by atoms with van der Waals surface area (Å²) in [5.41, 5.74) is 6.85. The molecule has 2 unspecified atom stereocenters. The molecular formula is C52H66N2O11. The van der Waals surface area contributed by atoms with Crippen LogP contribution in [0.25, 0.3) is 0 Å². The lowest BCUT2D eigenvalue weighted by atomic mass is 9.74. The summed E-state index contributed by atoms with van der Waals surface area (Å²) in [6, 6.07) is 8.64. The normalized spacial score (nSPS) is 40.0. The van der Waals surface area contributed by atoms with Crippen LogP contribution in [0.3, 0.4) is 0 Å². The van der Waals surface area contributed by atoms with Crippen molar-refractivity contribution in [2.24, 2.45) is 0 Å². The van der Waals surface area contributed by atoms with E-state index in [1.807, 2.05) is 4.90 Å². The number of ether oxygens (including phenoxy) is 8. The second-order valence-electron chi connectivity index (χ2n) is 21.8. The van der Waals surface area contributed by atoms with Crippen LogP contribution in [0.1, 0.15) is 161 Å². The maximum Gasteiger partial charge on any atom is 0.415 e. The standard InChI is InChI=1S/C26H33NO6.C26H33NO5/c1-15-9-17-14-27-23(28)33-24-12-19-22(32-25(30-19)7-5-4-6-8-25)20(13-24)31-26(24,27)11-16(2)21(17)18(10-15)29-3;1-15-9-16(2)22-17(3)11-21-25(32-24(29)27(21)14-18(22)10-15)12-19(28)23-20(13-25)30-26(31-23)7-5-4-6-8-26/h9-10,16,19-20,22H,4-8,11-14H2,1-3H3;9-11,17,19-20,23,28H,4-8,12-14H2,1-3H3/t16-,19-,20-,22-,24+,26-;17?,19-,20-,23?,25-/m11/s1. The minimum atomic E-state index is -0.861. The maximum atomic E-state index is 13.3. The second kappa shape index (κ2) is 14.9. The van der Waals surface area contributed by atoms with Crippen molar-refractivity contribution in [3.63, 3.8) is 0 Å². The highest BCUT2D eigenvalue weighted by atomic mass is 16.8. The lowest BCUT2D eigenvalue weighted by Crippen LogP contribution is -2.57. The average Bonchev–Trinajstić information content (AvgIpc) is 3.92. The van der Waals surface area contributed by atoms with Crippen molar-refractivity contribution in [1.82, 2.24) is 9.80 Å². The molecule has 0 radical (unpaired) electrons. The fraction of sp³-hybridized carbons (Fsp3) is 0.692. The minimum Gasteiger partial charge on any atom is -0.496 e. The lowest BCUT2D eigenvalue weighted by Gasteiger charge is -2.41. The third-order valence-electron chi connectivity index (χ3n) is 17.3. The second-order valence-corrected chi connectivity index (χ2v) is 21.8. The van der Waals surface area contributed by atoms with Crippen LogP contribution in [-0.2, 0) is 46.2 Å². The van der Waals surface area contributed by atoms with Gasteiger partial charge in [0.1, 0.15) is 18.0 Å². The van der Waals surface area contributed by atoms with E-state index in [1.54, 1.807) is 12.0 Å². The van der Waals surface area contributed by atoms with Gasteiger partial charge in [-0.25, -0.2) is 9.59 Å². The number of benzene rings is 2. The predicted octanol–water partition coefficient (Wildman–Crippen LogP) is 9.13. The number of amides is 2. The van der Waals surface area contributed by atoms with Gasteiger partial charge in [0.15, 0.2) is 28.5 Å². The molecule has 9 fully saturated rings. The van der Waals surface area contributed by atoms with Crippen molar-refractivity contribution in [2.75, 3.05) is 7.11 Å². The van der Waals surface area contributed by atoms with Gasteiger partial charge in [0.25, 0.3) is 0 Å². The van der Waals surface area contributed by atoms with Gasteiger partial charge in [0.2, 0.25) is 0 Å². The Morgan fingerprint density at radius 3 is 1.95 bits per heavy atom. The van der Waals surface area contributed by atoms with Crippen LogP contribution >= 0.6 is 0 Å². The van der Waals surface area contributed by atoms with Crippen molar-refractivity contribution in [1.29, 1.82) is 0 Å². The topological polar surface area (TPSA) is 135 Å². The summed E-state index contributed by atoms with van der Waals surface area (Å²) in [7, 11) is 1.72. The zero-order valence-electron chi connectivity index (χ0n) is 39.0. The number of aryl methyl sites for hydroxylation is 3. The average molecular weight is 895 g/mol. The van der Waals surface area contributed by atoms with E-state index >= 15 is 0 Å². The van der Waals surface area contributed by atoms with E-state index in [-0.39, 0.29) is 54.5 Å². The first-order valence-corrected chi connectivity index (χ1v) is 24.7. The molecule has 65 heavy (non-hydrogen) atoms. The maximum absolute atomic E-state index is 13.3. The van der Waals surface area contributed by atoms with Crippen molar-refractivity contribution in [3.8, 4) is 5.75 Å². The molecule has 2 bridgehead atoms. The molecule has 4 saturated carbocycles. The number of nitrogens with zero attached hydrogens (tertiary/aromatic N) is 2. The van der Waals surface area contributed by atoms with Crippen LogP contribution in [0.2, 0.25) is 0 Å². The largest absolute Gasteiger partial charge is 0.496 e. The van der Waals surface area contributed by atoms with Crippen LogP contribution in [0.15, 0.2) is 36.0 Å². The molecular weight excluding hydrogens is 829 g/mol. The Hall–Kier alpha value is -3.72. The Morgan fingerprint density at radius 1 is 0.662 bits per heavy atom. The van der Waals surface area contributed by atoms with E-state index in [9.17, 15) is 14.7 Å². The van der Waals surface area contributed by atoms with E-state index in [0.717, 1.165) is 73.9 Å². The zero-order valence-corrected chi connectivity index (χ0v) is 39.0. The SMILES string of the molecule is COc1cc(C)cc2c1[C@H](C)C[C@@]13O[C@@H]4C[C@]1(C[C@H]1OC5(CCCCC5)O[C@H]14)OC(=O)N3C2.Cc1cc(C)c2c(c1)CN1C(=O)O[C@@]3(C[C@@H](O)C4OC5(CCCCC5)O[C@@H]4C3)C1=CC2C. The van der Waals surface area contributed by atoms with Crippen LogP contribution in [0.4, 0.5) is 9.59 Å². The van der Waals surface area contributed by atoms with E-state index in [0.29, 0.717) is 45.2 Å². The zero-order chi connectivity index (χ0) is 44.8. The molecule has 4 aliphatic carbocycles.